The van der Waals surface area contributed by atoms with Crippen LogP contribution in [0.3, 0.4) is 0 Å². The Labute approximate surface area is 137 Å². The van der Waals surface area contributed by atoms with Crippen LogP contribution in [0.15, 0.2) is 36.0 Å². The number of carboxylic acids is 1. The molecule has 2 aromatic rings. The molecule has 0 spiro atoms. The molecule has 2 heterocycles. The molecule has 1 aliphatic rings. The molecule has 1 fully saturated rings. The Morgan fingerprint density at radius 1 is 1.12 bits per heavy atom. The van der Waals surface area contributed by atoms with E-state index >= 15 is 0 Å². The van der Waals surface area contributed by atoms with Crippen molar-refractivity contribution in [3.63, 3.8) is 0 Å². The van der Waals surface area contributed by atoms with Crippen LogP contribution in [-0.2, 0) is 4.79 Å². The molecule has 3 rings (SSSR count). The molecule has 1 saturated heterocycles. The van der Waals surface area contributed by atoms with Crippen LogP contribution in [-0.4, -0.2) is 27.6 Å². The second-order valence-corrected chi connectivity index (χ2v) is 5.48. The third-order valence-corrected chi connectivity index (χ3v) is 3.86. The Kier molecular flexibility index (Phi) is 3.69. The largest absolute Gasteiger partial charge is 0.478 e. The first-order chi connectivity index (χ1) is 11.4. The summed E-state index contributed by atoms with van der Waals surface area (Å²) in [6.45, 7) is 3.80. The molecular formula is C17H15N3O4. The molecule has 0 radical (unpaired) electrons. The van der Waals surface area contributed by atoms with Gasteiger partial charge in [0.15, 0.2) is 0 Å². The summed E-state index contributed by atoms with van der Waals surface area (Å²) in [6, 6.07) is 7.89. The third-order valence-electron chi connectivity index (χ3n) is 3.86. The Balaban J connectivity index is 2.01. The van der Waals surface area contributed by atoms with Crippen LogP contribution in [0.1, 0.15) is 27.3 Å². The maximum Gasteiger partial charge on any atom is 0.335 e. The van der Waals surface area contributed by atoms with Gasteiger partial charge in [-0.1, -0.05) is 0 Å². The maximum atomic E-state index is 11.6. The molecule has 0 atom stereocenters. The molecule has 1 aromatic carbocycles. The van der Waals surface area contributed by atoms with E-state index in [-0.39, 0.29) is 11.3 Å². The van der Waals surface area contributed by atoms with Crippen LogP contribution < -0.4 is 10.6 Å². The van der Waals surface area contributed by atoms with Gasteiger partial charge in [0.2, 0.25) is 0 Å². The molecule has 0 aliphatic carbocycles. The Morgan fingerprint density at radius 3 is 2.33 bits per heavy atom. The fourth-order valence-corrected chi connectivity index (χ4v) is 2.72. The first-order valence-electron chi connectivity index (χ1n) is 7.23. The monoisotopic (exact) mass is 325 g/mol. The second-order valence-electron chi connectivity index (χ2n) is 5.48. The number of carbonyl (C=O) groups excluding carboxylic acids is 2. The predicted octanol–water partition coefficient (Wildman–Crippen LogP) is 1.97. The summed E-state index contributed by atoms with van der Waals surface area (Å²) in [4.78, 5) is 33.8. The van der Waals surface area contributed by atoms with Crippen LogP contribution in [0.5, 0.6) is 0 Å². The quantitative estimate of drug-likeness (QED) is 0.593. The number of rotatable bonds is 3. The summed E-state index contributed by atoms with van der Waals surface area (Å²) >= 11 is 0. The smallest absolute Gasteiger partial charge is 0.335 e. The summed E-state index contributed by atoms with van der Waals surface area (Å²) in [6.07, 6.45) is 1.62. The SMILES string of the molecule is Cc1cc(/C=C2\NC(=O)NC2=O)c(C)n1-c1ccc(C(=O)O)cc1. The number of nitrogens with zero attached hydrogens (tertiary/aromatic N) is 1. The van der Waals surface area contributed by atoms with Crippen molar-refractivity contribution < 1.29 is 19.5 Å². The van der Waals surface area contributed by atoms with Crippen molar-refractivity contribution in [2.75, 3.05) is 0 Å². The summed E-state index contributed by atoms with van der Waals surface area (Å²) in [7, 11) is 0. The molecule has 7 nitrogen and oxygen atoms in total. The van der Waals surface area contributed by atoms with Crippen LogP contribution in [0.25, 0.3) is 11.8 Å². The topological polar surface area (TPSA) is 100 Å². The van der Waals surface area contributed by atoms with Crippen molar-refractivity contribution in [3.05, 3.63) is 58.5 Å². The highest BCUT2D eigenvalue weighted by molar-refractivity contribution is 6.14. The highest BCUT2D eigenvalue weighted by Gasteiger charge is 2.23. The van der Waals surface area contributed by atoms with E-state index in [1.54, 1.807) is 30.3 Å². The zero-order chi connectivity index (χ0) is 17.4. The predicted molar refractivity (Wildman–Crippen MR) is 86.9 cm³/mol. The fraction of sp³-hybridized carbons (Fsp3) is 0.118. The van der Waals surface area contributed by atoms with Gasteiger partial charge in [0, 0.05) is 17.1 Å². The van der Waals surface area contributed by atoms with E-state index in [0.717, 1.165) is 22.6 Å². The molecule has 0 unspecified atom stereocenters. The number of urea groups is 1. The van der Waals surface area contributed by atoms with E-state index in [1.807, 2.05) is 24.5 Å². The van der Waals surface area contributed by atoms with Gasteiger partial charge >= 0.3 is 12.0 Å². The van der Waals surface area contributed by atoms with Crippen molar-refractivity contribution in [3.8, 4) is 5.69 Å². The van der Waals surface area contributed by atoms with Crippen molar-refractivity contribution in [1.82, 2.24) is 15.2 Å². The lowest BCUT2D eigenvalue weighted by Crippen LogP contribution is -2.22. The number of amides is 3. The normalized spacial score (nSPS) is 15.5. The molecule has 3 N–H and O–H groups in total. The van der Waals surface area contributed by atoms with Crippen molar-refractivity contribution >= 4 is 24.0 Å². The van der Waals surface area contributed by atoms with E-state index in [0.29, 0.717) is 0 Å². The van der Waals surface area contributed by atoms with Gasteiger partial charge in [0.25, 0.3) is 5.91 Å². The Hall–Kier alpha value is -3.35. The molecule has 0 saturated carbocycles. The highest BCUT2D eigenvalue weighted by Crippen LogP contribution is 2.23. The molecule has 24 heavy (non-hydrogen) atoms. The number of benzene rings is 1. The van der Waals surface area contributed by atoms with E-state index in [9.17, 15) is 14.4 Å². The number of aromatic carboxylic acids is 1. The van der Waals surface area contributed by atoms with E-state index in [2.05, 4.69) is 10.6 Å². The number of aryl methyl sites for hydroxylation is 1. The van der Waals surface area contributed by atoms with Crippen LogP contribution >= 0.6 is 0 Å². The molecular weight excluding hydrogens is 310 g/mol. The molecule has 1 aliphatic heterocycles. The standard InChI is InChI=1S/C17H15N3O4/c1-9-7-12(8-14-15(21)19-17(24)18-14)10(2)20(9)13-5-3-11(4-6-13)16(22)23/h3-8H,1-2H3,(H,22,23)(H2,18,19,21,24)/b14-8-. The van der Waals surface area contributed by atoms with E-state index < -0.39 is 17.9 Å². The average Bonchev–Trinajstić information content (AvgIpc) is 2.98. The average molecular weight is 325 g/mol. The van der Waals surface area contributed by atoms with Gasteiger partial charge in [-0.2, -0.15) is 0 Å². The molecule has 7 heteroatoms. The minimum absolute atomic E-state index is 0.196. The summed E-state index contributed by atoms with van der Waals surface area (Å²) < 4.78 is 1.95. The molecule has 3 amide bonds. The minimum Gasteiger partial charge on any atom is -0.478 e. The minimum atomic E-state index is -0.976. The van der Waals surface area contributed by atoms with Gasteiger partial charge in [-0.05, 0) is 55.8 Å². The first kappa shape index (κ1) is 15.5. The van der Waals surface area contributed by atoms with Gasteiger partial charge in [0.05, 0.1) is 5.56 Å². The van der Waals surface area contributed by atoms with Gasteiger partial charge in [-0.25, -0.2) is 9.59 Å². The van der Waals surface area contributed by atoms with Crippen LogP contribution in [0.2, 0.25) is 0 Å². The number of hydrogen-bond donors (Lipinski definition) is 3. The summed E-state index contributed by atoms with van der Waals surface area (Å²) in [5.74, 6) is -1.44. The number of nitrogens with one attached hydrogen (secondary N) is 2. The number of aromatic nitrogens is 1. The lowest BCUT2D eigenvalue weighted by Gasteiger charge is -2.10. The van der Waals surface area contributed by atoms with Crippen LogP contribution in [0.4, 0.5) is 4.79 Å². The van der Waals surface area contributed by atoms with Gasteiger partial charge < -0.3 is 15.0 Å². The number of carboxylic acid groups (broad SMARTS) is 1. The highest BCUT2D eigenvalue weighted by atomic mass is 16.4. The molecule has 122 valence electrons. The lowest BCUT2D eigenvalue weighted by molar-refractivity contribution is -0.115. The van der Waals surface area contributed by atoms with Crippen molar-refractivity contribution in [2.24, 2.45) is 0 Å². The number of imide groups is 1. The van der Waals surface area contributed by atoms with Crippen molar-refractivity contribution in [1.29, 1.82) is 0 Å². The van der Waals surface area contributed by atoms with Crippen LogP contribution in [0, 0.1) is 13.8 Å². The number of carbonyl (C=O) groups is 3. The van der Waals surface area contributed by atoms with E-state index in [1.165, 1.54) is 0 Å². The Morgan fingerprint density at radius 2 is 1.79 bits per heavy atom. The molecule has 1 aromatic heterocycles. The summed E-state index contributed by atoms with van der Waals surface area (Å²) in [5, 5.41) is 13.6. The molecule has 0 bridgehead atoms. The Bertz CT molecular complexity index is 891. The second kappa shape index (κ2) is 5.69. The maximum absolute atomic E-state index is 11.6. The zero-order valence-electron chi connectivity index (χ0n) is 13.1. The van der Waals surface area contributed by atoms with Gasteiger partial charge in [-0.15, -0.1) is 0 Å². The fourth-order valence-electron chi connectivity index (χ4n) is 2.72. The summed E-state index contributed by atoms with van der Waals surface area (Å²) in [5.41, 5.74) is 3.82. The van der Waals surface area contributed by atoms with Crippen molar-refractivity contribution in [2.45, 2.75) is 13.8 Å². The third kappa shape index (κ3) is 2.67. The zero-order valence-corrected chi connectivity index (χ0v) is 13.1. The van der Waals surface area contributed by atoms with Gasteiger partial charge in [-0.3, -0.25) is 10.1 Å². The first-order valence-corrected chi connectivity index (χ1v) is 7.23. The van der Waals surface area contributed by atoms with E-state index in [4.69, 9.17) is 5.11 Å². The number of hydrogen-bond acceptors (Lipinski definition) is 3. The van der Waals surface area contributed by atoms with Gasteiger partial charge in [0.1, 0.15) is 5.70 Å². The lowest BCUT2D eigenvalue weighted by atomic mass is 10.2.